The quantitative estimate of drug-likeness (QED) is 0.607. The molecule has 1 rings (SSSR count). The summed E-state index contributed by atoms with van der Waals surface area (Å²) in [4.78, 5) is 29.3. The monoisotopic (exact) mass is 241 g/mol. The van der Waals surface area contributed by atoms with E-state index in [4.69, 9.17) is 0 Å². The van der Waals surface area contributed by atoms with E-state index in [0.29, 0.717) is 22.8 Å². The predicted molar refractivity (Wildman–Crippen MR) is 64.0 cm³/mol. The molecule has 0 saturated heterocycles. The summed E-state index contributed by atoms with van der Waals surface area (Å²) in [7, 11) is 0. The van der Waals surface area contributed by atoms with Gasteiger partial charge in [-0.05, 0) is 19.6 Å². The molecular weight excluding hydrogens is 226 g/mol. The van der Waals surface area contributed by atoms with Crippen molar-refractivity contribution in [1.82, 2.24) is 15.3 Å². The molecule has 2 N–H and O–H groups in total. The average Bonchev–Trinajstić information content (AvgIpc) is 2.24. The second kappa shape index (κ2) is 5.69. The fraction of sp³-hybridized carbons (Fsp3) is 0.500. The maximum atomic E-state index is 11.8. The Morgan fingerprint density at radius 2 is 2.25 bits per heavy atom. The van der Waals surface area contributed by atoms with Gasteiger partial charge in [-0.25, -0.2) is 4.79 Å². The normalized spacial score (nSPS) is 10.2. The SMILES string of the molecule is CCCNC(=O)c1c(SC)nc(=O)[nH]c1C. The number of nitrogens with one attached hydrogen (secondary N) is 2. The molecule has 0 saturated carbocycles. The van der Waals surface area contributed by atoms with Crippen molar-refractivity contribution in [3.63, 3.8) is 0 Å². The second-order valence-corrected chi connectivity index (χ2v) is 4.10. The number of carbonyl (C=O) groups is 1. The van der Waals surface area contributed by atoms with Gasteiger partial charge < -0.3 is 10.3 Å². The maximum absolute atomic E-state index is 11.8. The van der Waals surface area contributed by atoms with Gasteiger partial charge in [0.15, 0.2) is 0 Å². The Labute approximate surface area is 98.1 Å². The van der Waals surface area contributed by atoms with Crippen LogP contribution in [0.25, 0.3) is 0 Å². The van der Waals surface area contributed by atoms with Crippen LogP contribution in [0.2, 0.25) is 0 Å². The minimum atomic E-state index is -0.422. The summed E-state index contributed by atoms with van der Waals surface area (Å²) < 4.78 is 0. The molecule has 88 valence electrons. The highest BCUT2D eigenvalue weighted by molar-refractivity contribution is 7.98. The molecule has 0 aliphatic heterocycles. The Bertz CT molecular complexity index is 442. The third-order valence-electron chi connectivity index (χ3n) is 2.04. The summed E-state index contributed by atoms with van der Waals surface area (Å²) in [6.07, 6.45) is 2.66. The molecule has 0 spiro atoms. The van der Waals surface area contributed by atoms with E-state index in [1.807, 2.05) is 6.92 Å². The number of hydrogen-bond acceptors (Lipinski definition) is 4. The van der Waals surface area contributed by atoms with E-state index < -0.39 is 5.69 Å². The molecule has 0 unspecified atom stereocenters. The Hall–Kier alpha value is -1.30. The van der Waals surface area contributed by atoms with E-state index in [1.165, 1.54) is 11.8 Å². The van der Waals surface area contributed by atoms with Gasteiger partial charge in [0.1, 0.15) is 5.03 Å². The van der Waals surface area contributed by atoms with Crippen LogP contribution in [0.1, 0.15) is 29.4 Å². The molecule has 16 heavy (non-hydrogen) atoms. The topological polar surface area (TPSA) is 74.8 Å². The zero-order valence-electron chi connectivity index (χ0n) is 9.59. The van der Waals surface area contributed by atoms with Crippen molar-refractivity contribution in [3.8, 4) is 0 Å². The second-order valence-electron chi connectivity index (χ2n) is 3.31. The van der Waals surface area contributed by atoms with Crippen molar-refractivity contribution in [2.45, 2.75) is 25.3 Å². The lowest BCUT2D eigenvalue weighted by Crippen LogP contribution is -2.28. The number of amides is 1. The third kappa shape index (κ3) is 2.85. The van der Waals surface area contributed by atoms with Crippen LogP contribution in [0.4, 0.5) is 0 Å². The zero-order valence-corrected chi connectivity index (χ0v) is 10.4. The number of H-pyrrole nitrogens is 1. The number of thioether (sulfide) groups is 1. The molecule has 1 heterocycles. The van der Waals surface area contributed by atoms with Gasteiger partial charge in [0.2, 0.25) is 0 Å². The van der Waals surface area contributed by atoms with E-state index >= 15 is 0 Å². The summed E-state index contributed by atoms with van der Waals surface area (Å²) in [6.45, 7) is 4.29. The Balaban J connectivity index is 3.11. The fourth-order valence-corrected chi connectivity index (χ4v) is 1.93. The maximum Gasteiger partial charge on any atom is 0.346 e. The van der Waals surface area contributed by atoms with Gasteiger partial charge in [0, 0.05) is 12.2 Å². The molecular formula is C10H15N3O2S. The number of aromatic amines is 1. The van der Waals surface area contributed by atoms with Crippen molar-refractivity contribution in [3.05, 3.63) is 21.7 Å². The highest BCUT2D eigenvalue weighted by Crippen LogP contribution is 2.17. The first-order valence-corrected chi connectivity index (χ1v) is 6.25. The van der Waals surface area contributed by atoms with E-state index in [2.05, 4.69) is 15.3 Å². The van der Waals surface area contributed by atoms with Crippen LogP contribution in [0.15, 0.2) is 9.82 Å². The average molecular weight is 241 g/mol. The number of aryl methyl sites for hydroxylation is 1. The van der Waals surface area contributed by atoms with Crippen LogP contribution in [0.3, 0.4) is 0 Å². The van der Waals surface area contributed by atoms with Crippen LogP contribution < -0.4 is 11.0 Å². The number of nitrogens with zero attached hydrogens (tertiary/aromatic N) is 1. The summed E-state index contributed by atoms with van der Waals surface area (Å²) in [5, 5.41) is 3.24. The van der Waals surface area contributed by atoms with Crippen LogP contribution in [-0.2, 0) is 0 Å². The van der Waals surface area contributed by atoms with Crippen LogP contribution >= 0.6 is 11.8 Å². The zero-order chi connectivity index (χ0) is 12.1. The first-order valence-electron chi connectivity index (χ1n) is 5.03. The molecule has 0 radical (unpaired) electrons. The van der Waals surface area contributed by atoms with Crippen LogP contribution in [0, 0.1) is 6.92 Å². The first kappa shape index (κ1) is 12.8. The van der Waals surface area contributed by atoms with Crippen molar-refractivity contribution >= 4 is 17.7 Å². The Morgan fingerprint density at radius 3 is 2.81 bits per heavy atom. The van der Waals surface area contributed by atoms with E-state index in [-0.39, 0.29) is 5.91 Å². The molecule has 1 amide bonds. The van der Waals surface area contributed by atoms with Crippen molar-refractivity contribution in [1.29, 1.82) is 0 Å². The molecule has 1 aromatic heterocycles. The van der Waals surface area contributed by atoms with Crippen LogP contribution in [-0.4, -0.2) is 28.7 Å². The lowest BCUT2D eigenvalue weighted by molar-refractivity contribution is 0.0948. The predicted octanol–water partition coefficient (Wildman–Crippen LogP) is 0.940. The van der Waals surface area contributed by atoms with Crippen molar-refractivity contribution in [2.24, 2.45) is 0 Å². The molecule has 0 aliphatic carbocycles. The van der Waals surface area contributed by atoms with E-state index in [1.54, 1.807) is 13.2 Å². The van der Waals surface area contributed by atoms with Crippen molar-refractivity contribution < 1.29 is 4.79 Å². The first-order chi connectivity index (χ1) is 7.60. The standard InChI is InChI=1S/C10H15N3O2S/c1-4-5-11-8(14)7-6(2)12-10(15)13-9(7)16-3/h4-5H2,1-3H3,(H,11,14)(H,12,13,15). The summed E-state index contributed by atoms with van der Waals surface area (Å²) in [5.74, 6) is -0.188. The number of aromatic nitrogens is 2. The van der Waals surface area contributed by atoms with Gasteiger partial charge >= 0.3 is 5.69 Å². The van der Waals surface area contributed by atoms with Gasteiger partial charge in [-0.1, -0.05) is 6.92 Å². The van der Waals surface area contributed by atoms with E-state index in [0.717, 1.165) is 6.42 Å². The molecule has 0 aromatic carbocycles. The number of carbonyl (C=O) groups excluding carboxylic acids is 1. The fourth-order valence-electron chi connectivity index (χ4n) is 1.30. The third-order valence-corrected chi connectivity index (χ3v) is 2.72. The largest absolute Gasteiger partial charge is 0.352 e. The molecule has 1 aromatic rings. The highest BCUT2D eigenvalue weighted by atomic mass is 32.2. The van der Waals surface area contributed by atoms with Gasteiger partial charge in [0.05, 0.1) is 5.56 Å². The minimum absolute atomic E-state index is 0.188. The van der Waals surface area contributed by atoms with Gasteiger partial charge in [-0.3, -0.25) is 4.79 Å². The molecule has 0 bridgehead atoms. The van der Waals surface area contributed by atoms with Crippen molar-refractivity contribution in [2.75, 3.05) is 12.8 Å². The lowest BCUT2D eigenvalue weighted by atomic mass is 10.2. The molecule has 5 nitrogen and oxygen atoms in total. The number of rotatable bonds is 4. The molecule has 0 atom stereocenters. The molecule has 0 aliphatic rings. The minimum Gasteiger partial charge on any atom is -0.352 e. The molecule has 6 heteroatoms. The van der Waals surface area contributed by atoms with Gasteiger partial charge in [-0.2, -0.15) is 4.98 Å². The summed E-state index contributed by atoms with van der Waals surface area (Å²) >= 11 is 1.29. The summed E-state index contributed by atoms with van der Waals surface area (Å²) in [5.41, 5.74) is 0.590. The Morgan fingerprint density at radius 1 is 1.56 bits per heavy atom. The van der Waals surface area contributed by atoms with E-state index in [9.17, 15) is 9.59 Å². The van der Waals surface area contributed by atoms with Gasteiger partial charge in [0.25, 0.3) is 5.91 Å². The number of hydrogen-bond donors (Lipinski definition) is 2. The summed E-state index contributed by atoms with van der Waals surface area (Å²) in [6, 6.07) is 0. The lowest BCUT2D eigenvalue weighted by Gasteiger charge is -2.09. The Kier molecular flexibility index (Phi) is 4.54. The highest BCUT2D eigenvalue weighted by Gasteiger charge is 2.16. The van der Waals surface area contributed by atoms with Crippen LogP contribution in [0.5, 0.6) is 0 Å². The molecule has 0 fully saturated rings. The van der Waals surface area contributed by atoms with Gasteiger partial charge in [-0.15, -0.1) is 11.8 Å². The smallest absolute Gasteiger partial charge is 0.346 e.